The smallest absolute Gasteiger partial charge is 0.343 e. The molecule has 1 aliphatic carbocycles. The summed E-state index contributed by atoms with van der Waals surface area (Å²) in [6.07, 6.45) is 3.27. The average Bonchev–Trinajstić information content (AvgIpc) is 2.61. The molecule has 0 aliphatic heterocycles. The zero-order chi connectivity index (χ0) is 20.2. The van der Waals surface area contributed by atoms with Crippen molar-refractivity contribution in [1.29, 1.82) is 0 Å². The highest BCUT2D eigenvalue weighted by Gasteiger charge is 2.36. The van der Waals surface area contributed by atoms with Crippen LogP contribution in [0.1, 0.15) is 31.7 Å². The first kappa shape index (κ1) is 20.9. The number of rotatable bonds is 7. The van der Waals surface area contributed by atoms with Gasteiger partial charge in [0.05, 0.1) is 18.8 Å². The van der Waals surface area contributed by atoms with Crippen LogP contribution in [0.4, 0.5) is 17.6 Å². The molecule has 0 saturated heterocycles. The summed E-state index contributed by atoms with van der Waals surface area (Å²) in [5, 5.41) is 19.6. The summed E-state index contributed by atoms with van der Waals surface area (Å²) in [6.45, 7) is 1.42. The molecular weight excluding hydrogens is 370 g/mol. The number of aliphatic imine (C=N–C) groups is 1. The maximum absolute atomic E-state index is 13.9. The minimum Gasteiger partial charge on any atom is -0.506 e. The van der Waals surface area contributed by atoms with Gasteiger partial charge in [-0.2, -0.15) is 0 Å². The van der Waals surface area contributed by atoms with Crippen molar-refractivity contribution >= 4 is 17.9 Å². The van der Waals surface area contributed by atoms with Gasteiger partial charge in [-0.05, 0) is 25.8 Å². The number of aliphatic hydroxyl groups is 2. The van der Waals surface area contributed by atoms with Gasteiger partial charge in [-0.3, -0.25) is 4.99 Å². The van der Waals surface area contributed by atoms with E-state index in [2.05, 4.69) is 4.99 Å². The molecule has 0 atom stereocenters. The van der Waals surface area contributed by atoms with Crippen molar-refractivity contribution in [2.75, 3.05) is 19.8 Å². The van der Waals surface area contributed by atoms with Gasteiger partial charge in [0.2, 0.25) is 0 Å². The Morgan fingerprint density at radius 2 is 1.93 bits per heavy atom. The van der Waals surface area contributed by atoms with Crippen LogP contribution in [0.2, 0.25) is 0 Å². The Balaban J connectivity index is 2.44. The van der Waals surface area contributed by atoms with Crippen molar-refractivity contribution in [3.05, 3.63) is 40.5 Å². The van der Waals surface area contributed by atoms with Gasteiger partial charge >= 0.3 is 5.97 Å². The average molecular weight is 389 g/mol. The molecule has 1 saturated carbocycles. The minimum absolute atomic E-state index is 0.0847. The maximum atomic E-state index is 13.9. The van der Waals surface area contributed by atoms with Crippen molar-refractivity contribution in [2.45, 2.75) is 26.2 Å². The Morgan fingerprint density at radius 1 is 1.26 bits per heavy atom. The summed E-state index contributed by atoms with van der Waals surface area (Å²) in [7, 11) is 0. The van der Waals surface area contributed by atoms with Crippen molar-refractivity contribution < 1.29 is 37.3 Å². The first-order valence-corrected chi connectivity index (χ1v) is 8.30. The van der Waals surface area contributed by atoms with E-state index < -0.39 is 51.5 Å². The summed E-state index contributed by atoms with van der Waals surface area (Å²) < 4.78 is 58.6. The molecule has 0 heterocycles. The van der Waals surface area contributed by atoms with E-state index in [0.717, 1.165) is 25.5 Å². The number of carbonyl (C=O) groups excluding carboxylic acids is 1. The summed E-state index contributed by atoms with van der Waals surface area (Å²) in [5.41, 5.74) is -2.11. The summed E-state index contributed by atoms with van der Waals surface area (Å²) >= 11 is 0. The lowest BCUT2D eigenvalue weighted by Crippen LogP contribution is -2.36. The van der Waals surface area contributed by atoms with Gasteiger partial charge in [0, 0.05) is 18.2 Å². The van der Waals surface area contributed by atoms with Crippen molar-refractivity contribution in [3.63, 3.8) is 0 Å². The van der Waals surface area contributed by atoms with Crippen molar-refractivity contribution in [3.8, 4) is 0 Å². The van der Waals surface area contributed by atoms with Crippen LogP contribution in [0.15, 0.2) is 16.6 Å². The molecule has 2 N–H and O–H groups in total. The monoisotopic (exact) mass is 389 g/mol. The number of hydrogen-bond acceptors (Lipinski definition) is 5. The Hall–Kier alpha value is -2.42. The van der Waals surface area contributed by atoms with Crippen LogP contribution in [0.25, 0.3) is 5.76 Å². The van der Waals surface area contributed by atoms with E-state index >= 15 is 0 Å². The predicted molar refractivity (Wildman–Crippen MR) is 89.2 cm³/mol. The SMILES string of the molecule is CCOC(=O)/C(C=NCC1(CO)CCC1)=C(\O)c1cc(F)c(F)c(F)c1F. The van der Waals surface area contributed by atoms with Gasteiger partial charge in [0.15, 0.2) is 23.3 Å². The molecule has 9 heteroatoms. The number of esters is 1. The van der Waals surface area contributed by atoms with Crippen molar-refractivity contribution in [2.24, 2.45) is 10.4 Å². The molecule has 1 aliphatic rings. The minimum atomic E-state index is -2.12. The molecule has 1 aromatic rings. The van der Waals surface area contributed by atoms with Gasteiger partial charge in [-0.15, -0.1) is 0 Å². The molecule has 0 unspecified atom stereocenters. The summed E-state index contributed by atoms with van der Waals surface area (Å²) in [6, 6.07) is 0.233. The lowest BCUT2D eigenvalue weighted by molar-refractivity contribution is -0.137. The van der Waals surface area contributed by atoms with Crippen molar-refractivity contribution in [1.82, 2.24) is 0 Å². The Labute approximate surface area is 153 Å². The second-order valence-corrected chi connectivity index (χ2v) is 6.31. The summed E-state index contributed by atoms with van der Waals surface area (Å²) in [4.78, 5) is 16.0. The molecule has 0 radical (unpaired) electrons. The van der Waals surface area contributed by atoms with E-state index in [-0.39, 0.29) is 25.8 Å². The molecular formula is C18H19F4NO4. The van der Waals surface area contributed by atoms with E-state index in [4.69, 9.17) is 4.74 Å². The Morgan fingerprint density at radius 3 is 2.44 bits per heavy atom. The zero-order valence-corrected chi connectivity index (χ0v) is 14.6. The van der Waals surface area contributed by atoms with Gasteiger partial charge < -0.3 is 14.9 Å². The molecule has 1 aromatic carbocycles. The second-order valence-electron chi connectivity index (χ2n) is 6.31. The first-order chi connectivity index (χ1) is 12.8. The molecule has 148 valence electrons. The fourth-order valence-electron chi connectivity index (χ4n) is 2.68. The van der Waals surface area contributed by atoms with Gasteiger partial charge in [-0.25, -0.2) is 22.4 Å². The van der Waals surface area contributed by atoms with E-state index in [1.54, 1.807) is 0 Å². The van der Waals surface area contributed by atoms with Crippen LogP contribution in [0.3, 0.4) is 0 Å². The molecule has 2 rings (SSSR count). The van der Waals surface area contributed by atoms with Gasteiger partial charge in [0.1, 0.15) is 11.3 Å². The molecule has 0 amide bonds. The molecule has 27 heavy (non-hydrogen) atoms. The van der Waals surface area contributed by atoms with E-state index in [1.807, 2.05) is 0 Å². The fraction of sp³-hybridized carbons (Fsp3) is 0.444. The first-order valence-electron chi connectivity index (χ1n) is 8.30. The Kier molecular flexibility index (Phi) is 6.59. The normalized spacial score (nSPS) is 16.8. The topological polar surface area (TPSA) is 79.1 Å². The summed E-state index contributed by atoms with van der Waals surface area (Å²) in [5.74, 6) is -9.98. The van der Waals surface area contributed by atoms with Gasteiger partial charge in [0.25, 0.3) is 0 Å². The third-order valence-corrected chi connectivity index (χ3v) is 4.50. The maximum Gasteiger partial charge on any atom is 0.343 e. The van der Waals surface area contributed by atoms with Crippen LogP contribution in [-0.4, -0.2) is 42.2 Å². The fourth-order valence-corrected chi connectivity index (χ4v) is 2.68. The van der Waals surface area contributed by atoms with E-state index in [1.165, 1.54) is 6.92 Å². The lowest BCUT2D eigenvalue weighted by atomic mass is 9.69. The largest absolute Gasteiger partial charge is 0.506 e. The molecule has 0 aromatic heterocycles. The number of carbonyl (C=O) groups is 1. The predicted octanol–water partition coefficient (Wildman–Crippen LogP) is 3.31. The van der Waals surface area contributed by atoms with Crippen LogP contribution >= 0.6 is 0 Å². The quantitative estimate of drug-likeness (QED) is 0.143. The number of nitrogens with zero attached hydrogens (tertiary/aromatic N) is 1. The van der Waals surface area contributed by atoms with Crippen LogP contribution < -0.4 is 0 Å². The third-order valence-electron chi connectivity index (χ3n) is 4.50. The Bertz CT molecular complexity index is 783. The molecule has 0 bridgehead atoms. The van der Waals surface area contributed by atoms with Gasteiger partial charge in [-0.1, -0.05) is 6.42 Å². The number of hydrogen-bond donors (Lipinski definition) is 2. The van der Waals surface area contributed by atoms with Crippen LogP contribution in [-0.2, 0) is 9.53 Å². The zero-order valence-electron chi connectivity index (χ0n) is 14.6. The van der Waals surface area contributed by atoms with Crippen LogP contribution in [0, 0.1) is 28.7 Å². The molecule has 1 fully saturated rings. The number of halogens is 4. The van der Waals surface area contributed by atoms with E-state index in [9.17, 15) is 32.6 Å². The number of aliphatic hydroxyl groups excluding tert-OH is 2. The highest BCUT2D eigenvalue weighted by molar-refractivity contribution is 6.15. The third kappa shape index (κ3) is 4.29. The number of ether oxygens (including phenoxy) is 1. The second kappa shape index (κ2) is 8.51. The van der Waals surface area contributed by atoms with Crippen LogP contribution in [0.5, 0.6) is 0 Å². The highest BCUT2D eigenvalue weighted by atomic mass is 19.2. The number of benzene rings is 1. The standard InChI is InChI=1S/C18H19F4NO4/c1-2-27-17(26)11(7-23-8-18(9-24)4-3-5-18)16(25)10-6-12(19)14(21)15(22)13(10)20/h6-7,24-25H,2-5,8-9H2,1H3/b16-11-,23-7?. The molecule has 5 nitrogen and oxygen atoms in total. The lowest BCUT2D eigenvalue weighted by Gasteiger charge is -2.38. The highest BCUT2D eigenvalue weighted by Crippen LogP contribution is 2.40. The van der Waals surface area contributed by atoms with E-state index in [0.29, 0.717) is 0 Å². The molecule has 0 spiro atoms.